The molecule has 1 aliphatic heterocycles. The molecule has 1 aliphatic carbocycles. The van der Waals surface area contributed by atoms with E-state index in [2.05, 4.69) is 18.7 Å². The number of thiazole rings is 1. The van der Waals surface area contributed by atoms with Gasteiger partial charge in [0, 0.05) is 17.0 Å². The molecule has 0 spiro atoms. The molecule has 0 amide bonds. The number of aliphatic hydroxyl groups is 1. The molecule has 1 fully saturated rings. The van der Waals surface area contributed by atoms with Gasteiger partial charge in [-0.25, -0.2) is 4.98 Å². The van der Waals surface area contributed by atoms with Gasteiger partial charge in [-0.1, -0.05) is 0 Å². The summed E-state index contributed by atoms with van der Waals surface area (Å²) in [5.74, 6) is 0. The van der Waals surface area contributed by atoms with E-state index >= 15 is 0 Å². The van der Waals surface area contributed by atoms with Crippen LogP contribution < -0.4 is 4.90 Å². The number of rotatable bonds is 1. The van der Waals surface area contributed by atoms with Crippen LogP contribution in [0.3, 0.4) is 0 Å². The van der Waals surface area contributed by atoms with Gasteiger partial charge in [0.15, 0.2) is 5.13 Å². The minimum Gasteiger partial charge on any atom is -0.387 e. The molecule has 17 heavy (non-hydrogen) atoms. The van der Waals surface area contributed by atoms with Gasteiger partial charge in [0.05, 0.1) is 11.8 Å². The summed E-state index contributed by atoms with van der Waals surface area (Å²) in [5.41, 5.74) is 1.18. The van der Waals surface area contributed by atoms with E-state index < -0.39 is 0 Å². The van der Waals surface area contributed by atoms with E-state index in [-0.39, 0.29) is 11.6 Å². The fourth-order valence-corrected chi connectivity index (χ4v) is 4.31. The van der Waals surface area contributed by atoms with Gasteiger partial charge in [-0.15, -0.1) is 11.3 Å². The second kappa shape index (κ2) is 3.95. The Morgan fingerprint density at radius 1 is 1.41 bits per heavy atom. The van der Waals surface area contributed by atoms with Crippen molar-refractivity contribution in [2.45, 2.75) is 57.6 Å². The van der Waals surface area contributed by atoms with Crippen LogP contribution in [-0.2, 0) is 6.42 Å². The molecule has 0 radical (unpaired) electrons. The number of anilines is 1. The van der Waals surface area contributed by atoms with Crippen LogP contribution in [0.25, 0.3) is 0 Å². The Kier molecular flexibility index (Phi) is 2.67. The van der Waals surface area contributed by atoms with Gasteiger partial charge >= 0.3 is 0 Å². The lowest BCUT2D eigenvalue weighted by Crippen LogP contribution is -2.38. The number of aliphatic hydroxyl groups excluding tert-OH is 1. The van der Waals surface area contributed by atoms with Crippen LogP contribution >= 0.6 is 11.3 Å². The van der Waals surface area contributed by atoms with E-state index in [0.717, 1.165) is 36.6 Å². The second-order valence-corrected chi connectivity index (χ2v) is 6.84. The quantitative estimate of drug-likeness (QED) is 0.835. The number of aryl methyl sites for hydroxylation is 1. The number of hydrogen-bond donors (Lipinski definition) is 1. The van der Waals surface area contributed by atoms with E-state index in [1.807, 2.05) is 0 Å². The summed E-state index contributed by atoms with van der Waals surface area (Å²) in [4.78, 5) is 8.43. The fraction of sp³-hybridized carbons (Fsp3) is 0.769. The summed E-state index contributed by atoms with van der Waals surface area (Å²) in [5, 5.41) is 11.1. The molecule has 2 aliphatic rings. The maximum Gasteiger partial charge on any atom is 0.186 e. The van der Waals surface area contributed by atoms with Crippen molar-refractivity contribution in [2.75, 3.05) is 11.4 Å². The molecule has 2 heterocycles. The molecule has 1 aromatic heterocycles. The summed E-state index contributed by atoms with van der Waals surface area (Å²) in [6.45, 7) is 5.68. The predicted octanol–water partition coefficient (Wildman–Crippen LogP) is 2.89. The number of hydrogen-bond acceptors (Lipinski definition) is 4. The summed E-state index contributed by atoms with van der Waals surface area (Å²) >= 11 is 1.79. The molecule has 0 bridgehead atoms. The van der Waals surface area contributed by atoms with Crippen molar-refractivity contribution < 1.29 is 5.11 Å². The Labute approximate surface area is 106 Å². The first-order valence-corrected chi connectivity index (χ1v) is 7.35. The van der Waals surface area contributed by atoms with Gasteiger partial charge in [0.1, 0.15) is 0 Å². The average Bonchev–Trinajstić information content (AvgIpc) is 2.81. The predicted molar refractivity (Wildman–Crippen MR) is 70.7 cm³/mol. The zero-order chi connectivity index (χ0) is 12.0. The highest BCUT2D eigenvalue weighted by molar-refractivity contribution is 7.15. The largest absolute Gasteiger partial charge is 0.387 e. The molecule has 4 heteroatoms. The minimum atomic E-state index is -0.325. The van der Waals surface area contributed by atoms with Crippen molar-refractivity contribution in [2.24, 2.45) is 0 Å². The number of fused-ring (bicyclic) bond motifs is 1. The van der Waals surface area contributed by atoms with Gasteiger partial charge in [0.25, 0.3) is 0 Å². The van der Waals surface area contributed by atoms with Crippen LogP contribution in [0.2, 0.25) is 0 Å². The van der Waals surface area contributed by atoms with E-state index in [0.29, 0.717) is 0 Å². The Hall–Kier alpha value is -0.610. The Balaban J connectivity index is 1.94. The molecule has 94 valence electrons. The summed E-state index contributed by atoms with van der Waals surface area (Å²) in [6.07, 6.45) is 5.23. The average molecular weight is 252 g/mol. The van der Waals surface area contributed by atoms with E-state index in [4.69, 9.17) is 4.98 Å². The maximum atomic E-state index is 9.97. The molecule has 1 saturated heterocycles. The minimum absolute atomic E-state index is 0.228. The first-order chi connectivity index (χ1) is 8.08. The Morgan fingerprint density at radius 2 is 2.24 bits per heavy atom. The maximum absolute atomic E-state index is 9.97. The molecule has 0 aromatic carbocycles. The molecule has 3 rings (SSSR count). The van der Waals surface area contributed by atoms with Gasteiger partial charge in [0.2, 0.25) is 0 Å². The van der Waals surface area contributed by atoms with Crippen molar-refractivity contribution in [3.8, 4) is 0 Å². The van der Waals surface area contributed by atoms with Crippen LogP contribution in [-0.4, -0.2) is 22.2 Å². The lowest BCUT2D eigenvalue weighted by molar-refractivity contribution is 0.153. The van der Waals surface area contributed by atoms with E-state index in [9.17, 15) is 5.11 Å². The molecule has 1 aromatic rings. The normalized spacial score (nSPS) is 27.2. The number of aromatic nitrogens is 1. The first kappa shape index (κ1) is 11.5. The van der Waals surface area contributed by atoms with E-state index in [1.54, 1.807) is 11.3 Å². The smallest absolute Gasteiger partial charge is 0.186 e. The Morgan fingerprint density at radius 3 is 2.88 bits per heavy atom. The fourth-order valence-electron chi connectivity index (χ4n) is 2.96. The molecule has 0 saturated carbocycles. The summed E-state index contributed by atoms with van der Waals surface area (Å²) < 4.78 is 0. The van der Waals surface area contributed by atoms with Gasteiger partial charge < -0.3 is 10.0 Å². The summed E-state index contributed by atoms with van der Waals surface area (Å²) in [7, 11) is 0. The van der Waals surface area contributed by atoms with Crippen LogP contribution in [0, 0.1) is 0 Å². The third-order valence-corrected chi connectivity index (χ3v) is 5.20. The van der Waals surface area contributed by atoms with E-state index in [1.165, 1.54) is 17.7 Å². The van der Waals surface area contributed by atoms with Crippen molar-refractivity contribution >= 4 is 16.5 Å². The molecule has 3 nitrogen and oxygen atoms in total. The standard InChI is InChI=1S/C13H20N2OS/c1-13(2)7-4-8-15(13)12-14-11-9(16)5-3-6-10(11)17-12/h9,16H,3-8H2,1-2H3. The molecular weight excluding hydrogens is 232 g/mol. The zero-order valence-electron chi connectivity index (χ0n) is 10.6. The third-order valence-electron chi connectivity index (χ3n) is 4.05. The number of nitrogens with zero attached hydrogens (tertiary/aromatic N) is 2. The molecule has 1 atom stereocenters. The molecule has 1 N–H and O–H groups in total. The van der Waals surface area contributed by atoms with Gasteiger partial charge in [-0.3, -0.25) is 0 Å². The highest BCUT2D eigenvalue weighted by atomic mass is 32.1. The van der Waals surface area contributed by atoms with Crippen LogP contribution in [0.5, 0.6) is 0 Å². The SMILES string of the molecule is CC1(C)CCCN1c1nc2c(s1)CCCC2O. The third kappa shape index (κ3) is 1.87. The van der Waals surface area contributed by atoms with Crippen LogP contribution in [0.1, 0.15) is 56.2 Å². The highest BCUT2D eigenvalue weighted by Crippen LogP contribution is 2.41. The second-order valence-electron chi connectivity index (χ2n) is 5.78. The first-order valence-electron chi connectivity index (χ1n) is 6.53. The lowest BCUT2D eigenvalue weighted by atomic mass is 10.0. The van der Waals surface area contributed by atoms with Crippen molar-refractivity contribution in [3.63, 3.8) is 0 Å². The van der Waals surface area contributed by atoms with Crippen LogP contribution in [0.15, 0.2) is 0 Å². The topological polar surface area (TPSA) is 36.4 Å². The Bertz CT molecular complexity index is 427. The molecular formula is C13H20N2OS. The monoisotopic (exact) mass is 252 g/mol. The van der Waals surface area contributed by atoms with Gasteiger partial charge in [-0.05, 0) is 46.0 Å². The van der Waals surface area contributed by atoms with Gasteiger partial charge in [-0.2, -0.15) is 0 Å². The summed E-state index contributed by atoms with van der Waals surface area (Å²) in [6, 6.07) is 0. The van der Waals surface area contributed by atoms with Crippen LogP contribution in [0.4, 0.5) is 5.13 Å². The molecule has 1 unspecified atom stereocenters. The zero-order valence-corrected chi connectivity index (χ0v) is 11.4. The van der Waals surface area contributed by atoms with Crippen molar-refractivity contribution in [1.29, 1.82) is 0 Å². The van der Waals surface area contributed by atoms with Crippen molar-refractivity contribution in [3.05, 3.63) is 10.6 Å². The van der Waals surface area contributed by atoms with Crippen molar-refractivity contribution in [1.82, 2.24) is 4.98 Å². The highest BCUT2D eigenvalue weighted by Gasteiger charge is 2.35. The lowest BCUT2D eigenvalue weighted by Gasteiger charge is -2.31.